The summed E-state index contributed by atoms with van der Waals surface area (Å²) in [5.41, 5.74) is 1.91. The molecule has 0 unspecified atom stereocenters. The summed E-state index contributed by atoms with van der Waals surface area (Å²) in [7, 11) is 0. The number of carbonyl (C=O) groups excluding carboxylic acids is 2. The van der Waals surface area contributed by atoms with Crippen molar-refractivity contribution in [3.05, 3.63) is 47.0 Å². The smallest absolute Gasteiger partial charge is 0.273 e. The van der Waals surface area contributed by atoms with Crippen LogP contribution in [0.1, 0.15) is 48.2 Å². The molecule has 5 rings (SSSR count). The normalized spacial score (nSPS) is 20.2. The first kappa shape index (κ1) is 26.1. The lowest BCUT2D eigenvalue weighted by molar-refractivity contribution is -0.134. The van der Waals surface area contributed by atoms with E-state index in [0.29, 0.717) is 31.4 Å². The Balaban J connectivity index is 1.00. The molecular formula is C28H40N6O2S. The Kier molecular flexibility index (Phi) is 9.07. The van der Waals surface area contributed by atoms with Crippen LogP contribution >= 0.6 is 11.3 Å². The molecule has 2 aromatic rings. The van der Waals surface area contributed by atoms with Gasteiger partial charge in [-0.2, -0.15) is 0 Å². The third kappa shape index (κ3) is 7.30. The average Bonchev–Trinajstić information content (AvgIpc) is 3.42. The highest BCUT2D eigenvalue weighted by atomic mass is 32.1. The summed E-state index contributed by atoms with van der Waals surface area (Å²) < 4.78 is 0. The quantitative estimate of drug-likeness (QED) is 0.573. The molecule has 0 radical (unpaired) electrons. The van der Waals surface area contributed by atoms with Gasteiger partial charge < -0.3 is 15.1 Å². The third-order valence-electron chi connectivity index (χ3n) is 7.96. The maximum Gasteiger partial charge on any atom is 0.273 e. The molecule has 1 saturated carbocycles. The van der Waals surface area contributed by atoms with Crippen LogP contribution in [-0.2, 0) is 11.2 Å². The van der Waals surface area contributed by atoms with Crippen molar-refractivity contribution in [1.82, 2.24) is 24.6 Å². The summed E-state index contributed by atoms with van der Waals surface area (Å²) in [4.78, 5) is 39.0. The van der Waals surface area contributed by atoms with Crippen molar-refractivity contribution in [2.45, 2.75) is 44.6 Å². The van der Waals surface area contributed by atoms with E-state index < -0.39 is 0 Å². The molecule has 8 nitrogen and oxygen atoms in total. The molecule has 0 bridgehead atoms. The minimum atomic E-state index is 0.00513. The zero-order valence-electron chi connectivity index (χ0n) is 21.8. The molecule has 9 heteroatoms. The van der Waals surface area contributed by atoms with Gasteiger partial charge in [0.05, 0.1) is 6.54 Å². The molecule has 3 aliphatic rings. The number of nitrogens with one attached hydrogen (secondary N) is 1. The lowest BCUT2D eigenvalue weighted by Crippen LogP contribution is -2.54. The van der Waals surface area contributed by atoms with E-state index in [4.69, 9.17) is 0 Å². The fraction of sp³-hybridized carbons (Fsp3) is 0.607. The van der Waals surface area contributed by atoms with E-state index in [1.165, 1.54) is 49.0 Å². The van der Waals surface area contributed by atoms with E-state index in [0.717, 1.165) is 57.4 Å². The molecule has 37 heavy (non-hydrogen) atoms. The second kappa shape index (κ2) is 12.8. The van der Waals surface area contributed by atoms with Crippen LogP contribution in [-0.4, -0.2) is 108 Å². The molecule has 1 N–H and O–H groups in total. The predicted molar refractivity (Wildman–Crippen MR) is 148 cm³/mol. The van der Waals surface area contributed by atoms with Gasteiger partial charge in [-0.05, 0) is 24.8 Å². The van der Waals surface area contributed by atoms with Gasteiger partial charge in [0.25, 0.3) is 5.91 Å². The van der Waals surface area contributed by atoms with Crippen LogP contribution in [0.5, 0.6) is 0 Å². The van der Waals surface area contributed by atoms with Gasteiger partial charge in [0.15, 0.2) is 5.13 Å². The van der Waals surface area contributed by atoms with E-state index in [1.807, 2.05) is 15.2 Å². The standard InChI is InChI=1S/C28H40N6O2S/c35-26(33-17-13-31(14-18-33)12-11-23-7-3-1-4-8-23)21-32-15-19-34(20-16-32)27(36)25-22-37-28(30-25)29-24-9-5-2-6-10-24/h1,3-4,7-8,22,24H,2,5-6,9-21H2,(H,29,30). The van der Waals surface area contributed by atoms with Crippen LogP contribution in [0.2, 0.25) is 0 Å². The van der Waals surface area contributed by atoms with Crippen molar-refractivity contribution >= 4 is 28.3 Å². The van der Waals surface area contributed by atoms with E-state index in [9.17, 15) is 9.59 Å². The first-order valence-electron chi connectivity index (χ1n) is 13.9. The first-order chi connectivity index (χ1) is 18.1. The number of rotatable bonds is 8. The highest BCUT2D eigenvalue weighted by Gasteiger charge is 2.27. The molecule has 1 aromatic carbocycles. The minimum Gasteiger partial charge on any atom is -0.359 e. The van der Waals surface area contributed by atoms with E-state index >= 15 is 0 Å². The number of hydrogen-bond acceptors (Lipinski definition) is 7. The monoisotopic (exact) mass is 524 g/mol. The number of hydrogen-bond donors (Lipinski definition) is 1. The molecule has 0 spiro atoms. The summed E-state index contributed by atoms with van der Waals surface area (Å²) in [6, 6.07) is 11.1. The Morgan fingerprint density at radius 2 is 1.54 bits per heavy atom. The minimum absolute atomic E-state index is 0.00513. The number of anilines is 1. The summed E-state index contributed by atoms with van der Waals surface area (Å²) >= 11 is 1.53. The highest BCUT2D eigenvalue weighted by molar-refractivity contribution is 7.13. The molecular weight excluding hydrogens is 484 g/mol. The van der Waals surface area contributed by atoms with Crippen molar-refractivity contribution in [3.63, 3.8) is 0 Å². The van der Waals surface area contributed by atoms with E-state index in [2.05, 4.69) is 50.4 Å². The topological polar surface area (TPSA) is 72.0 Å². The molecule has 0 atom stereocenters. The van der Waals surface area contributed by atoms with Crippen molar-refractivity contribution in [1.29, 1.82) is 0 Å². The van der Waals surface area contributed by atoms with Gasteiger partial charge in [0.1, 0.15) is 5.69 Å². The Bertz CT molecular complexity index is 1010. The maximum atomic E-state index is 13.0. The van der Waals surface area contributed by atoms with Crippen LogP contribution in [0, 0.1) is 0 Å². The summed E-state index contributed by atoms with van der Waals surface area (Å²) in [5.74, 6) is 0.214. The SMILES string of the molecule is O=C(CN1CCN(C(=O)c2csc(NC3CCCCC3)n2)CC1)N1CCN(CCc2ccccc2)CC1. The summed E-state index contributed by atoms with van der Waals surface area (Å²) in [6.45, 7) is 7.69. The number of benzene rings is 1. The Morgan fingerprint density at radius 1 is 0.865 bits per heavy atom. The van der Waals surface area contributed by atoms with Crippen molar-refractivity contribution in [2.24, 2.45) is 0 Å². The zero-order chi connectivity index (χ0) is 25.5. The molecule has 2 saturated heterocycles. The molecule has 2 aliphatic heterocycles. The van der Waals surface area contributed by atoms with E-state index in [-0.39, 0.29) is 11.8 Å². The largest absolute Gasteiger partial charge is 0.359 e. The summed E-state index contributed by atoms with van der Waals surface area (Å²) in [5, 5.41) is 6.26. The van der Waals surface area contributed by atoms with E-state index in [1.54, 1.807) is 0 Å². The zero-order valence-corrected chi connectivity index (χ0v) is 22.6. The Morgan fingerprint density at radius 3 is 2.27 bits per heavy atom. The Labute approximate surface area is 224 Å². The molecule has 3 fully saturated rings. The van der Waals surface area contributed by atoms with Crippen LogP contribution in [0.4, 0.5) is 5.13 Å². The molecule has 200 valence electrons. The number of thiazole rings is 1. The second-order valence-electron chi connectivity index (χ2n) is 10.5. The number of amides is 2. The second-order valence-corrected chi connectivity index (χ2v) is 11.4. The number of aromatic nitrogens is 1. The third-order valence-corrected chi connectivity index (χ3v) is 8.73. The number of carbonyl (C=O) groups is 2. The Hall–Kier alpha value is -2.49. The molecule has 1 aliphatic carbocycles. The number of nitrogens with zero attached hydrogens (tertiary/aromatic N) is 5. The fourth-order valence-electron chi connectivity index (χ4n) is 5.57. The van der Waals surface area contributed by atoms with Gasteiger partial charge in [-0.25, -0.2) is 4.98 Å². The number of piperazine rings is 2. The summed E-state index contributed by atoms with van der Waals surface area (Å²) in [6.07, 6.45) is 7.29. The van der Waals surface area contributed by atoms with Gasteiger partial charge in [-0.15, -0.1) is 11.3 Å². The molecule has 1 aromatic heterocycles. The molecule has 2 amide bonds. The van der Waals surface area contributed by atoms with Gasteiger partial charge in [-0.1, -0.05) is 49.6 Å². The predicted octanol–water partition coefficient (Wildman–Crippen LogP) is 3.03. The fourth-order valence-corrected chi connectivity index (χ4v) is 6.34. The molecule has 3 heterocycles. The van der Waals surface area contributed by atoms with Gasteiger partial charge in [0, 0.05) is 70.3 Å². The van der Waals surface area contributed by atoms with Gasteiger partial charge >= 0.3 is 0 Å². The van der Waals surface area contributed by atoms with Crippen molar-refractivity contribution in [3.8, 4) is 0 Å². The highest BCUT2D eigenvalue weighted by Crippen LogP contribution is 2.24. The maximum absolute atomic E-state index is 13.0. The van der Waals surface area contributed by atoms with Crippen molar-refractivity contribution < 1.29 is 9.59 Å². The average molecular weight is 525 g/mol. The van der Waals surface area contributed by atoms with Crippen LogP contribution in [0.15, 0.2) is 35.7 Å². The van der Waals surface area contributed by atoms with Crippen LogP contribution in [0.3, 0.4) is 0 Å². The lowest BCUT2D eigenvalue weighted by Gasteiger charge is -2.38. The lowest BCUT2D eigenvalue weighted by atomic mass is 9.96. The van der Waals surface area contributed by atoms with Crippen LogP contribution < -0.4 is 5.32 Å². The van der Waals surface area contributed by atoms with Crippen LogP contribution in [0.25, 0.3) is 0 Å². The first-order valence-corrected chi connectivity index (χ1v) is 14.8. The van der Waals surface area contributed by atoms with Gasteiger partial charge in [0.2, 0.25) is 5.91 Å². The van der Waals surface area contributed by atoms with Gasteiger partial charge in [-0.3, -0.25) is 19.4 Å². The van der Waals surface area contributed by atoms with Crippen molar-refractivity contribution in [2.75, 3.05) is 70.8 Å².